The molecule has 8 nitrogen and oxygen atoms in total. The number of anilines is 1. The molecule has 8 heteroatoms. The minimum absolute atomic E-state index is 0.204. The fourth-order valence-electron chi connectivity index (χ4n) is 2.72. The highest BCUT2D eigenvalue weighted by atomic mass is 16.5. The summed E-state index contributed by atoms with van der Waals surface area (Å²) in [6.07, 6.45) is 0.306. The molecule has 0 bridgehead atoms. The Kier molecular flexibility index (Phi) is 8.34. The van der Waals surface area contributed by atoms with Gasteiger partial charge in [0.25, 0.3) is 0 Å². The monoisotopic (exact) mass is 417 g/mol. The van der Waals surface area contributed by atoms with Crippen LogP contribution in [0.1, 0.15) is 20.3 Å². The summed E-state index contributed by atoms with van der Waals surface area (Å²) in [4.78, 5) is 24.8. The molecule has 0 heterocycles. The van der Waals surface area contributed by atoms with Gasteiger partial charge in [-0.1, -0.05) is 6.92 Å². The summed E-state index contributed by atoms with van der Waals surface area (Å²) in [5.41, 5.74) is 0.369. The smallest absolute Gasteiger partial charge is 0.318 e. The molecule has 0 aliphatic heterocycles. The van der Waals surface area contributed by atoms with Crippen molar-refractivity contribution in [2.45, 2.75) is 20.3 Å². The van der Waals surface area contributed by atoms with E-state index in [-0.39, 0.29) is 6.61 Å². The van der Waals surface area contributed by atoms with Crippen molar-refractivity contribution in [2.24, 2.45) is 5.92 Å². The summed E-state index contributed by atoms with van der Waals surface area (Å²) >= 11 is 0. The van der Waals surface area contributed by atoms with Crippen LogP contribution in [0.4, 0.5) is 5.69 Å². The third kappa shape index (κ3) is 5.56. The predicted octanol–water partition coefficient (Wildman–Crippen LogP) is 4.03. The van der Waals surface area contributed by atoms with Crippen LogP contribution in [-0.4, -0.2) is 39.8 Å². The van der Waals surface area contributed by atoms with Crippen molar-refractivity contribution in [3.8, 4) is 28.7 Å². The van der Waals surface area contributed by atoms with Crippen molar-refractivity contribution in [2.75, 3.05) is 33.3 Å². The number of hydrogen-bond donors (Lipinski definition) is 1. The minimum atomic E-state index is -0.925. The molecule has 0 aromatic heterocycles. The first kappa shape index (κ1) is 22.9. The van der Waals surface area contributed by atoms with Gasteiger partial charge in [-0.2, -0.15) is 0 Å². The second-order valence-corrected chi connectivity index (χ2v) is 6.18. The van der Waals surface area contributed by atoms with E-state index in [1.807, 2.05) is 0 Å². The first-order valence-electron chi connectivity index (χ1n) is 9.52. The van der Waals surface area contributed by atoms with E-state index in [4.69, 9.17) is 23.7 Å². The number of methoxy groups -OCH3 is 3. The molecule has 0 spiro atoms. The number of benzene rings is 2. The molecule has 2 aromatic rings. The molecular weight excluding hydrogens is 390 g/mol. The van der Waals surface area contributed by atoms with E-state index in [1.54, 1.807) is 57.4 Å². The van der Waals surface area contributed by atoms with Crippen molar-refractivity contribution >= 4 is 17.6 Å². The lowest BCUT2D eigenvalue weighted by molar-refractivity contribution is -0.151. The Morgan fingerprint density at radius 2 is 1.50 bits per heavy atom. The number of ether oxygens (including phenoxy) is 5. The number of nitrogens with one attached hydrogen (secondary N) is 1. The molecule has 0 saturated heterocycles. The molecule has 0 aliphatic carbocycles. The summed E-state index contributed by atoms with van der Waals surface area (Å²) < 4.78 is 26.9. The van der Waals surface area contributed by atoms with E-state index in [1.165, 1.54) is 14.2 Å². The molecule has 2 aromatic carbocycles. The predicted molar refractivity (Wildman–Crippen MR) is 112 cm³/mol. The van der Waals surface area contributed by atoms with Gasteiger partial charge in [-0.05, 0) is 37.6 Å². The van der Waals surface area contributed by atoms with Gasteiger partial charge < -0.3 is 29.0 Å². The minimum Gasteiger partial charge on any atom is -0.497 e. The zero-order valence-corrected chi connectivity index (χ0v) is 17.8. The quantitative estimate of drug-likeness (QED) is 0.461. The summed E-state index contributed by atoms with van der Waals surface area (Å²) in [6.45, 7) is 3.64. The molecule has 0 saturated carbocycles. The molecule has 0 aliphatic rings. The van der Waals surface area contributed by atoms with Gasteiger partial charge in [-0.25, -0.2) is 0 Å². The molecular formula is C22H27NO7. The molecule has 1 atom stereocenters. The Hall–Kier alpha value is -3.42. The molecule has 0 radical (unpaired) electrons. The fraction of sp³-hybridized carbons (Fsp3) is 0.364. The Bertz CT molecular complexity index is 882. The number of rotatable bonds is 10. The summed E-state index contributed by atoms with van der Waals surface area (Å²) in [5, 5.41) is 2.75. The number of carbonyl (C=O) groups excluding carboxylic acids is 2. The maximum Gasteiger partial charge on any atom is 0.318 e. The van der Waals surface area contributed by atoms with Crippen LogP contribution in [0.3, 0.4) is 0 Å². The van der Waals surface area contributed by atoms with Gasteiger partial charge in [-0.3, -0.25) is 9.59 Å². The summed E-state index contributed by atoms with van der Waals surface area (Å²) in [5.74, 6) is 0.313. The lowest BCUT2D eigenvalue weighted by Gasteiger charge is -2.18. The Morgan fingerprint density at radius 3 is 2.07 bits per heavy atom. The highest BCUT2D eigenvalue weighted by molar-refractivity contribution is 6.05. The second-order valence-electron chi connectivity index (χ2n) is 6.18. The zero-order chi connectivity index (χ0) is 22.1. The van der Waals surface area contributed by atoms with Crippen molar-refractivity contribution in [1.82, 2.24) is 0 Å². The maximum absolute atomic E-state index is 12.7. The third-order valence-electron chi connectivity index (χ3n) is 4.33. The van der Waals surface area contributed by atoms with E-state index >= 15 is 0 Å². The van der Waals surface area contributed by atoms with Crippen LogP contribution >= 0.6 is 0 Å². The van der Waals surface area contributed by atoms with Crippen molar-refractivity contribution < 1.29 is 33.3 Å². The average Bonchev–Trinajstić information content (AvgIpc) is 2.75. The lowest BCUT2D eigenvalue weighted by Crippen LogP contribution is -2.30. The zero-order valence-electron chi connectivity index (χ0n) is 17.8. The van der Waals surface area contributed by atoms with Gasteiger partial charge in [0.1, 0.15) is 17.4 Å². The number of hydrogen-bond acceptors (Lipinski definition) is 7. The van der Waals surface area contributed by atoms with Crippen LogP contribution in [0.5, 0.6) is 28.7 Å². The van der Waals surface area contributed by atoms with E-state index in [2.05, 4.69) is 5.32 Å². The second kappa shape index (κ2) is 10.9. The number of carbonyl (C=O) groups is 2. The number of amides is 1. The molecule has 1 N–H and O–H groups in total. The molecule has 1 amide bonds. The van der Waals surface area contributed by atoms with E-state index in [0.29, 0.717) is 40.9 Å². The van der Waals surface area contributed by atoms with E-state index < -0.39 is 17.8 Å². The van der Waals surface area contributed by atoms with Gasteiger partial charge in [0.2, 0.25) is 5.91 Å². The fourth-order valence-corrected chi connectivity index (χ4v) is 2.72. The Balaban J connectivity index is 2.37. The largest absolute Gasteiger partial charge is 0.497 e. The number of esters is 1. The average molecular weight is 417 g/mol. The Labute approximate surface area is 176 Å². The van der Waals surface area contributed by atoms with Crippen LogP contribution in [0, 0.1) is 5.92 Å². The summed E-state index contributed by atoms with van der Waals surface area (Å²) in [6, 6.07) is 10.1. The highest BCUT2D eigenvalue weighted by Crippen LogP contribution is 2.39. The van der Waals surface area contributed by atoms with Gasteiger partial charge in [0.05, 0.1) is 33.6 Å². The molecule has 1 unspecified atom stereocenters. The topological polar surface area (TPSA) is 92.3 Å². The molecule has 2 rings (SSSR count). The molecule has 0 fully saturated rings. The van der Waals surface area contributed by atoms with Gasteiger partial charge in [0, 0.05) is 12.1 Å². The van der Waals surface area contributed by atoms with Gasteiger partial charge >= 0.3 is 5.97 Å². The molecule has 30 heavy (non-hydrogen) atoms. The first-order chi connectivity index (χ1) is 14.5. The van der Waals surface area contributed by atoms with Crippen LogP contribution in [0.2, 0.25) is 0 Å². The van der Waals surface area contributed by atoms with E-state index in [0.717, 1.165) is 0 Å². The highest BCUT2D eigenvalue weighted by Gasteiger charge is 2.27. The molecule has 162 valence electrons. The standard InChI is InChI=1S/C22H27NO7/c1-6-16(22(25)29-7-2)21(24)23-17-10-8-14(26-3)12-19(17)30-20-13-15(27-4)9-11-18(20)28-5/h8-13,16H,6-7H2,1-5H3,(H,23,24). The first-order valence-corrected chi connectivity index (χ1v) is 9.52. The van der Waals surface area contributed by atoms with Crippen LogP contribution in [0.15, 0.2) is 36.4 Å². The van der Waals surface area contributed by atoms with Crippen molar-refractivity contribution in [1.29, 1.82) is 0 Å². The van der Waals surface area contributed by atoms with Crippen LogP contribution in [-0.2, 0) is 14.3 Å². The lowest BCUT2D eigenvalue weighted by atomic mass is 10.1. The van der Waals surface area contributed by atoms with E-state index in [9.17, 15) is 9.59 Å². The SMILES string of the molecule is CCOC(=O)C(CC)C(=O)Nc1ccc(OC)cc1Oc1cc(OC)ccc1OC. The summed E-state index contributed by atoms with van der Waals surface area (Å²) in [7, 11) is 4.59. The van der Waals surface area contributed by atoms with Crippen molar-refractivity contribution in [3.63, 3.8) is 0 Å². The van der Waals surface area contributed by atoms with Gasteiger partial charge in [-0.15, -0.1) is 0 Å². The van der Waals surface area contributed by atoms with Crippen molar-refractivity contribution in [3.05, 3.63) is 36.4 Å². The van der Waals surface area contributed by atoms with Crippen LogP contribution in [0.25, 0.3) is 0 Å². The van der Waals surface area contributed by atoms with Gasteiger partial charge in [0.15, 0.2) is 17.2 Å². The third-order valence-corrected chi connectivity index (χ3v) is 4.33. The normalized spacial score (nSPS) is 11.2. The maximum atomic E-state index is 12.7. The Morgan fingerprint density at radius 1 is 0.867 bits per heavy atom. The van der Waals surface area contributed by atoms with Crippen LogP contribution < -0.4 is 24.3 Å².